The molecule has 0 spiro atoms. The van der Waals surface area contributed by atoms with Crippen LogP contribution in [0.4, 0.5) is 5.69 Å². The summed E-state index contributed by atoms with van der Waals surface area (Å²) in [4.78, 5) is 22.1. The highest BCUT2D eigenvalue weighted by Gasteiger charge is 2.19. The molecular formula is C11H13NO5. The van der Waals surface area contributed by atoms with Crippen LogP contribution in [0.25, 0.3) is 0 Å². The topological polar surface area (TPSA) is 98.9 Å². The molecule has 1 aromatic rings. The zero-order valence-corrected chi connectivity index (χ0v) is 9.47. The number of carbonyl (C=O) groups is 2. The van der Waals surface area contributed by atoms with Crippen molar-refractivity contribution in [1.29, 1.82) is 0 Å². The number of anilines is 1. The van der Waals surface area contributed by atoms with E-state index in [2.05, 4.69) is 4.74 Å². The van der Waals surface area contributed by atoms with E-state index in [9.17, 15) is 9.59 Å². The van der Waals surface area contributed by atoms with Crippen LogP contribution in [-0.4, -0.2) is 30.3 Å². The maximum Gasteiger partial charge on any atom is 0.346 e. The van der Waals surface area contributed by atoms with Crippen molar-refractivity contribution >= 4 is 17.6 Å². The van der Waals surface area contributed by atoms with Crippen LogP contribution < -0.4 is 10.5 Å². The van der Waals surface area contributed by atoms with E-state index in [4.69, 9.17) is 15.6 Å². The van der Waals surface area contributed by atoms with Gasteiger partial charge in [0.15, 0.2) is 6.10 Å². The molecule has 0 saturated carbocycles. The third-order valence-electron chi connectivity index (χ3n) is 2.07. The molecule has 92 valence electrons. The van der Waals surface area contributed by atoms with Gasteiger partial charge >= 0.3 is 11.9 Å². The molecule has 0 radical (unpaired) electrons. The number of carbonyl (C=O) groups excluding carboxylic acids is 1. The summed E-state index contributed by atoms with van der Waals surface area (Å²) in [7, 11) is 1.23. The summed E-state index contributed by atoms with van der Waals surface area (Å²) < 4.78 is 9.68. The second-order valence-corrected chi connectivity index (χ2v) is 3.34. The van der Waals surface area contributed by atoms with Gasteiger partial charge in [-0.25, -0.2) is 9.59 Å². The Kier molecular flexibility index (Phi) is 3.92. The van der Waals surface area contributed by atoms with Crippen LogP contribution in [-0.2, 0) is 9.53 Å². The summed E-state index contributed by atoms with van der Waals surface area (Å²) in [6.45, 7) is 1.47. The van der Waals surface area contributed by atoms with E-state index >= 15 is 0 Å². The molecule has 1 unspecified atom stereocenters. The number of methoxy groups -OCH3 is 1. The lowest BCUT2D eigenvalue weighted by atomic mass is 10.2. The number of benzene rings is 1. The van der Waals surface area contributed by atoms with Gasteiger partial charge in [-0.1, -0.05) is 0 Å². The molecule has 0 fully saturated rings. The average molecular weight is 239 g/mol. The van der Waals surface area contributed by atoms with Crippen LogP contribution in [0.3, 0.4) is 0 Å². The molecule has 0 aliphatic carbocycles. The normalized spacial score (nSPS) is 11.6. The first-order valence-corrected chi connectivity index (χ1v) is 4.83. The van der Waals surface area contributed by atoms with Gasteiger partial charge < -0.3 is 20.3 Å². The number of hydrogen-bond acceptors (Lipinski definition) is 5. The van der Waals surface area contributed by atoms with Crippen LogP contribution in [0.5, 0.6) is 5.75 Å². The van der Waals surface area contributed by atoms with Gasteiger partial charge in [-0.2, -0.15) is 0 Å². The fourth-order valence-corrected chi connectivity index (χ4v) is 1.22. The fourth-order valence-electron chi connectivity index (χ4n) is 1.22. The number of nitrogen functional groups attached to an aromatic ring is 1. The predicted molar refractivity (Wildman–Crippen MR) is 59.9 cm³/mol. The van der Waals surface area contributed by atoms with E-state index in [1.807, 2.05) is 0 Å². The number of carboxylic acids is 1. The number of nitrogens with two attached hydrogens (primary N) is 1. The predicted octanol–water partition coefficient (Wildman–Crippen LogP) is 0.907. The number of hydrogen-bond donors (Lipinski definition) is 2. The minimum absolute atomic E-state index is 0.0737. The molecule has 0 heterocycles. The smallest absolute Gasteiger partial charge is 0.346 e. The van der Waals surface area contributed by atoms with E-state index < -0.39 is 18.0 Å². The number of esters is 1. The summed E-state index contributed by atoms with van der Waals surface area (Å²) >= 11 is 0. The molecule has 1 rings (SSSR count). The zero-order chi connectivity index (χ0) is 13.0. The lowest BCUT2D eigenvalue weighted by Crippen LogP contribution is -2.25. The zero-order valence-electron chi connectivity index (χ0n) is 9.47. The minimum atomic E-state index is -1.18. The Labute approximate surface area is 97.9 Å². The van der Waals surface area contributed by atoms with Gasteiger partial charge in [-0.05, 0) is 25.1 Å². The maximum absolute atomic E-state index is 11.1. The van der Waals surface area contributed by atoms with Crippen molar-refractivity contribution in [3.05, 3.63) is 23.8 Å². The highest BCUT2D eigenvalue weighted by molar-refractivity contribution is 5.92. The molecule has 6 heteroatoms. The molecule has 1 atom stereocenters. The Morgan fingerprint density at radius 2 is 2.06 bits per heavy atom. The standard InChI is InChI=1S/C11H13NO5/c1-6(11(15)16-2)17-9-4-3-7(12)5-8(9)10(13)14/h3-6H,12H2,1-2H3,(H,13,14). The lowest BCUT2D eigenvalue weighted by molar-refractivity contribution is -0.147. The van der Waals surface area contributed by atoms with Gasteiger partial charge in [-0.15, -0.1) is 0 Å². The molecule has 0 aliphatic rings. The van der Waals surface area contributed by atoms with Gasteiger partial charge in [-0.3, -0.25) is 0 Å². The Balaban J connectivity index is 2.98. The van der Waals surface area contributed by atoms with Crippen LogP contribution in [0.2, 0.25) is 0 Å². The summed E-state index contributed by atoms with van der Waals surface area (Å²) in [6, 6.07) is 4.16. The quantitative estimate of drug-likeness (QED) is 0.598. The van der Waals surface area contributed by atoms with E-state index in [1.54, 1.807) is 0 Å². The third-order valence-corrected chi connectivity index (χ3v) is 2.07. The van der Waals surface area contributed by atoms with Gasteiger partial charge in [0.2, 0.25) is 0 Å². The van der Waals surface area contributed by atoms with Crippen LogP contribution in [0.1, 0.15) is 17.3 Å². The molecule has 0 bridgehead atoms. The fraction of sp³-hybridized carbons (Fsp3) is 0.273. The molecule has 6 nitrogen and oxygen atoms in total. The Hall–Kier alpha value is -2.24. The first-order chi connectivity index (χ1) is 7.95. The minimum Gasteiger partial charge on any atom is -0.478 e. The third kappa shape index (κ3) is 3.10. The van der Waals surface area contributed by atoms with Crippen molar-refractivity contribution in [2.24, 2.45) is 0 Å². The first kappa shape index (κ1) is 12.8. The highest BCUT2D eigenvalue weighted by Crippen LogP contribution is 2.22. The number of aromatic carboxylic acids is 1. The van der Waals surface area contributed by atoms with Crippen LogP contribution >= 0.6 is 0 Å². The Morgan fingerprint density at radius 3 is 2.59 bits per heavy atom. The molecule has 3 N–H and O–H groups in total. The van der Waals surface area contributed by atoms with E-state index in [1.165, 1.54) is 32.2 Å². The van der Waals surface area contributed by atoms with Crippen LogP contribution in [0, 0.1) is 0 Å². The van der Waals surface area contributed by atoms with E-state index in [0.29, 0.717) is 5.69 Å². The summed E-state index contributed by atoms with van der Waals surface area (Å²) in [5.41, 5.74) is 5.68. The van der Waals surface area contributed by atoms with Gasteiger partial charge in [0.05, 0.1) is 7.11 Å². The summed E-state index contributed by atoms with van der Waals surface area (Å²) in [6.07, 6.45) is -0.887. The van der Waals surface area contributed by atoms with Crippen molar-refractivity contribution < 1.29 is 24.2 Å². The molecular weight excluding hydrogens is 226 g/mol. The SMILES string of the molecule is COC(=O)C(C)Oc1ccc(N)cc1C(=O)O. The maximum atomic E-state index is 11.1. The summed E-state index contributed by atoms with van der Waals surface area (Å²) in [5, 5.41) is 8.95. The first-order valence-electron chi connectivity index (χ1n) is 4.83. The van der Waals surface area contributed by atoms with E-state index in [0.717, 1.165) is 0 Å². The number of ether oxygens (including phenoxy) is 2. The second kappa shape index (κ2) is 5.20. The van der Waals surface area contributed by atoms with Gasteiger partial charge in [0.25, 0.3) is 0 Å². The summed E-state index contributed by atoms with van der Waals surface area (Å²) in [5.74, 6) is -1.69. The molecule has 0 aromatic heterocycles. The van der Waals surface area contributed by atoms with Crippen molar-refractivity contribution in [2.75, 3.05) is 12.8 Å². The molecule has 1 aromatic carbocycles. The number of rotatable bonds is 4. The molecule has 0 amide bonds. The van der Waals surface area contributed by atoms with Gasteiger partial charge in [0.1, 0.15) is 11.3 Å². The van der Waals surface area contributed by atoms with Crippen molar-refractivity contribution in [1.82, 2.24) is 0 Å². The number of carboxylic acid groups (broad SMARTS) is 1. The Morgan fingerprint density at radius 1 is 1.41 bits per heavy atom. The molecule has 17 heavy (non-hydrogen) atoms. The molecule has 0 saturated heterocycles. The van der Waals surface area contributed by atoms with E-state index in [-0.39, 0.29) is 11.3 Å². The monoisotopic (exact) mass is 239 g/mol. The van der Waals surface area contributed by atoms with Crippen LogP contribution in [0.15, 0.2) is 18.2 Å². The largest absolute Gasteiger partial charge is 0.478 e. The second-order valence-electron chi connectivity index (χ2n) is 3.34. The molecule has 0 aliphatic heterocycles. The van der Waals surface area contributed by atoms with Crippen molar-refractivity contribution in [3.8, 4) is 5.75 Å². The van der Waals surface area contributed by atoms with Crippen molar-refractivity contribution in [3.63, 3.8) is 0 Å². The Bertz CT molecular complexity index is 443. The lowest BCUT2D eigenvalue weighted by Gasteiger charge is -2.14. The van der Waals surface area contributed by atoms with Gasteiger partial charge in [0, 0.05) is 5.69 Å². The highest BCUT2D eigenvalue weighted by atomic mass is 16.6. The van der Waals surface area contributed by atoms with Crippen molar-refractivity contribution in [2.45, 2.75) is 13.0 Å². The average Bonchev–Trinajstić information content (AvgIpc) is 2.29.